The number of ether oxygens (including phenoxy) is 1. The van der Waals surface area contributed by atoms with Gasteiger partial charge in [0.05, 0.1) is 11.1 Å². The predicted molar refractivity (Wildman–Crippen MR) is 63.0 cm³/mol. The first-order valence-electron chi connectivity index (χ1n) is 5.08. The van der Waals surface area contributed by atoms with Gasteiger partial charge in [0.15, 0.2) is 0 Å². The molecule has 0 aliphatic carbocycles. The number of hydrogen-bond donors (Lipinski definition) is 1. The average Bonchev–Trinajstić information content (AvgIpc) is 2.25. The number of carboxylic acids is 1. The monoisotopic (exact) mass is 234 g/mol. The third-order valence-corrected chi connectivity index (χ3v) is 2.37. The first-order valence-corrected chi connectivity index (χ1v) is 5.08. The minimum Gasteiger partial charge on any atom is -0.478 e. The molecule has 0 aromatic heterocycles. The highest BCUT2D eigenvalue weighted by Crippen LogP contribution is 2.14. The summed E-state index contributed by atoms with van der Waals surface area (Å²) in [7, 11) is 0. The van der Waals surface area contributed by atoms with Gasteiger partial charge in [-0.1, -0.05) is 24.8 Å². The van der Waals surface area contributed by atoms with Crippen molar-refractivity contribution in [3.05, 3.63) is 47.0 Å². The Labute approximate surface area is 99.5 Å². The van der Waals surface area contributed by atoms with Crippen LogP contribution in [-0.4, -0.2) is 23.7 Å². The normalized spacial score (nSPS) is 9.76. The summed E-state index contributed by atoms with van der Waals surface area (Å²) in [6, 6.07) is 5.45. The van der Waals surface area contributed by atoms with Crippen LogP contribution < -0.4 is 0 Å². The van der Waals surface area contributed by atoms with Crippen LogP contribution in [0.1, 0.15) is 21.5 Å². The Morgan fingerprint density at radius 2 is 1.82 bits per heavy atom. The molecule has 0 spiro atoms. The lowest BCUT2D eigenvalue weighted by molar-refractivity contribution is -0.133. The van der Waals surface area contributed by atoms with Crippen LogP contribution in [-0.2, 0) is 9.53 Å². The third-order valence-electron chi connectivity index (χ3n) is 2.37. The predicted octanol–water partition coefficient (Wildman–Crippen LogP) is 2.10. The molecule has 0 saturated heterocycles. The molecule has 1 aromatic rings. The summed E-state index contributed by atoms with van der Waals surface area (Å²) in [6.07, 6.45) is 0. The van der Waals surface area contributed by atoms with E-state index in [0.717, 1.165) is 11.1 Å². The number of aliphatic carboxylic acids is 1. The highest BCUT2D eigenvalue weighted by atomic mass is 16.5. The molecule has 0 bridgehead atoms. The van der Waals surface area contributed by atoms with E-state index in [-0.39, 0.29) is 12.2 Å². The van der Waals surface area contributed by atoms with Gasteiger partial charge in [-0.3, -0.25) is 0 Å². The maximum atomic E-state index is 11.8. The zero-order chi connectivity index (χ0) is 13.0. The number of hydrogen-bond acceptors (Lipinski definition) is 3. The van der Waals surface area contributed by atoms with Gasteiger partial charge in [-0.15, -0.1) is 0 Å². The van der Waals surface area contributed by atoms with E-state index < -0.39 is 11.9 Å². The second-order valence-electron chi connectivity index (χ2n) is 3.75. The molecule has 0 radical (unpaired) electrons. The molecular formula is C13H14O4. The summed E-state index contributed by atoms with van der Waals surface area (Å²) < 4.78 is 4.89. The third kappa shape index (κ3) is 3.17. The highest BCUT2D eigenvalue weighted by molar-refractivity contribution is 5.93. The van der Waals surface area contributed by atoms with Crippen LogP contribution in [0, 0.1) is 13.8 Å². The smallest absolute Gasteiger partial charge is 0.339 e. The largest absolute Gasteiger partial charge is 0.478 e. The highest BCUT2D eigenvalue weighted by Gasteiger charge is 2.14. The van der Waals surface area contributed by atoms with Crippen molar-refractivity contribution in [2.24, 2.45) is 0 Å². The zero-order valence-corrected chi connectivity index (χ0v) is 9.82. The van der Waals surface area contributed by atoms with Crippen LogP contribution >= 0.6 is 0 Å². The Morgan fingerprint density at radius 1 is 1.29 bits per heavy atom. The number of carbonyl (C=O) groups excluding carboxylic acids is 1. The van der Waals surface area contributed by atoms with Gasteiger partial charge in [-0.2, -0.15) is 0 Å². The Kier molecular flexibility index (Phi) is 4.04. The van der Waals surface area contributed by atoms with E-state index >= 15 is 0 Å². The minimum atomic E-state index is -1.17. The van der Waals surface area contributed by atoms with Crippen molar-refractivity contribution in [2.75, 3.05) is 6.61 Å². The average molecular weight is 234 g/mol. The molecule has 1 rings (SSSR count). The van der Waals surface area contributed by atoms with E-state index in [9.17, 15) is 9.59 Å². The fourth-order valence-electron chi connectivity index (χ4n) is 1.42. The molecule has 0 aliphatic rings. The van der Waals surface area contributed by atoms with Crippen molar-refractivity contribution >= 4 is 11.9 Å². The Morgan fingerprint density at radius 3 is 2.29 bits per heavy atom. The van der Waals surface area contributed by atoms with Crippen molar-refractivity contribution in [1.29, 1.82) is 0 Å². The van der Waals surface area contributed by atoms with Crippen molar-refractivity contribution in [2.45, 2.75) is 13.8 Å². The van der Waals surface area contributed by atoms with Crippen molar-refractivity contribution in [1.82, 2.24) is 0 Å². The lowest BCUT2D eigenvalue weighted by Crippen LogP contribution is -2.14. The number of carbonyl (C=O) groups is 2. The summed E-state index contributed by atoms with van der Waals surface area (Å²) in [6.45, 7) is 6.59. The molecule has 0 fully saturated rings. The van der Waals surface area contributed by atoms with E-state index in [1.165, 1.54) is 0 Å². The first kappa shape index (κ1) is 13.0. The summed E-state index contributed by atoms with van der Waals surface area (Å²) in [5.41, 5.74) is 1.93. The van der Waals surface area contributed by atoms with Crippen molar-refractivity contribution < 1.29 is 19.4 Å². The van der Waals surface area contributed by atoms with E-state index in [4.69, 9.17) is 9.84 Å². The van der Waals surface area contributed by atoms with Gasteiger partial charge in [0, 0.05) is 0 Å². The Hall–Kier alpha value is -2.10. The molecule has 0 atom stereocenters. The molecule has 0 heterocycles. The molecule has 0 unspecified atom stereocenters. The summed E-state index contributed by atoms with van der Waals surface area (Å²) in [4.78, 5) is 22.2. The maximum Gasteiger partial charge on any atom is 0.339 e. The zero-order valence-electron chi connectivity index (χ0n) is 9.82. The summed E-state index contributed by atoms with van der Waals surface area (Å²) in [5.74, 6) is -1.69. The van der Waals surface area contributed by atoms with Crippen LogP contribution in [0.25, 0.3) is 0 Å². The standard InChI is InChI=1S/C13H14O4/c1-8-5-4-6-9(2)11(8)13(16)17-7-10(3)12(14)15/h4-6H,3,7H2,1-2H3,(H,14,15). The van der Waals surface area contributed by atoms with Crippen LogP contribution in [0.4, 0.5) is 0 Å². The van der Waals surface area contributed by atoms with Gasteiger partial charge in [0.2, 0.25) is 0 Å². The molecule has 0 amide bonds. The van der Waals surface area contributed by atoms with Crippen LogP contribution in [0.5, 0.6) is 0 Å². The molecule has 0 aliphatic heterocycles. The van der Waals surface area contributed by atoms with Crippen molar-refractivity contribution in [3.63, 3.8) is 0 Å². The van der Waals surface area contributed by atoms with Gasteiger partial charge in [0.25, 0.3) is 0 Å². The van der Waals surface area contributed by atoms with Gasteiger partial charge >= 0.3 is 11.9 Å². The molecule has 1 aromatic carbocycles. The number of rotatable bonds is 4. The molecule has 17 heavy (non-hydrogen) atoms. The first-order chi connectivity index (χ1) is 7.93. The molecule has 0 saturated carbocycles. The van der Waals surface area contributed by atoms with Crippen LogP contribution in [0.15, 0.2) is 30.4 Å². The second kappa shape index (κ2) is 5.30. The SMILES string of the molecule is C=C(COC(=O)c1c(C)cccc1C)C(=O)O. The fraction of sp³-hybridized carbons (Fsp3) is 0.231. The fourth-order valence-corrected chi connectivity index (χ4v) is 1.42. The molecular weight excluding hydrogens is 220 g/mol. The summed E-state index contributed by atoms with van der Waals surface area (Å²) >= 11 is 0. The van der Waals surface area contributed by atoms with E-state index in [2.05, 4.69) is 6.58 Å². The van der Waals surface area contributed by atoms with Gasteiger partial charge in [0.1, 0.15) is 6.61 Å². The number of esters is 1. The topological polar surface area (TPSA) is 63.6 Å². The second-order valence-corrected chi connectivity index (χ2v) is 3.75. The number of aryl methyl sites for hydroxylation is 2. The quantitative estimate of drug-likeness (QED) is 0.640. The van der Waals surface area contributed by atoms with E-state index in [1.54, 1.807) is 26.0 Å². The molecule has 1 N–H and O–H groups in total. The van der Waals surface area contributed by atoms with E-state index in [0.29, 0.717) is 5.56 Å². The molecule has 90 valence electrons. The number of benzene rings is 1. The molecule has 4 heteroatoms. The Balaban J connectivity index is 2.78. The van der Waals surface area contributed by atoms with Crippen LogP contribution in [0.2, 0.25) is 0 Å². The van der Waals surface area contributed by atoms with Crippen LogP contribution in [0.3, 0.4) is 0 Å². The van der Waals surface area contributed by atoms with Gasteiger partial charge in [-0.25, -0.2) is 9.59 Å². The number of carboxylic acid groups (broad SMARTS) is 1. The molecule has 4 nitrogen and oxygen atoms in total. The Bertz CT molecular complexity index is 454. The lowest BCUT2D eigenvalue weighted by Gasteiger charge is -2.09. The van der Waals surface area contributed by atoms with E-state index in [1.807, 2.05) is 6.07 Å². The van der Waals surface area contributed by atoms with Gasteiger partial charge in [-0.05, 0) is 25.0 Å². The lowest BCUT2D eigenvalue weighted by atomic mass is 10.0. The summed E-state index contributed by atoms with van der Waals surface area (Å²) in [5, 5.41) is 8.58. The van der Waals surface area contributed by atoms with Crippen molar-refractivity contribution in [3.8, 4) is 0 Å². The van der Waals surface area contributed by atoms with Gasteiger partial charge < -0.3 is 9.84 Å². The maximum absolute atomic E-state index is 11.8. The minimum absolute atomic E-state index is 0.149.